The van der Waals surface area contributed by atoms with Gasteiger partial charge >= 0.3 is 0 Å². The largest absolute Gasteiger partial charge is 0.464 e. The number of ether oxygens (including phenoxy) is 2. The first-order valence-electron chi connectivity index (χ1n) is 9.56. The summed E-state index contributed by atoms with van der Waals surface area (Å²) < 4.78 is 12.4. The average Bonchev–Trinajstić information content (AvgIpc) is 3.14. The Kier molecular flexibility index (Phi) is 5.34. The Hall–Kier alpha value is -1.28. The lowest BCUT2D eigenvalue weighted by molar-refractivity contribution is -0.158. The minimum Gasteiger partial charge on any atom is -0.464 e. The van der Waals surface area contributed by atoms with Gasteiger partial charge in [-0.15, -0.1) is 0 Å². The van der Waals surface area contributed by atoms with E-state index >= 15 is 0 Å². The second kappa shape index (κ2) is 7.31. The fraction of sp³-hybridized carbons (Fsp3) is 0.636. The van der Waals surface area contributed by atoms with Crippen molar-refractivity contribution >= 4 is 0 Å². The van der Waals surface area contributed by atoms with Crippen LogP contribution < -0.4 is 4.74 Å². The molecule has 2 heteroatoms. The quantitative estimate of drug-likeness (QED) is 0.455. The zero-order chi connectivity index (χ0) is 17.2. The Labute approximate surface area is 147 Å². The van der Waals surface area contributed by atoms with Crippen molar-refractivity contribution in [3.05, 3.63) is 42.0 Å². The lowest BCUT2D eigenvalue weighted by Gasteiger charge is -2.38. The third-order valence-electron chi connectivity index (χ3n) is 5.75. The first kappa shape index (κ1) is 17.5. The number of hydrogen-bond donors (Lipinski definition) is 0. The maximum absolute atomic E-state index is 6.32. The van der Waals surface area contributed by atoms with Gasteiger partial charge in [-0.05, 0) is 68.1 Å². The van der Waals surface area contributed by atoms with E-state index < -0.39 is 0 Å². The highest BCUT2D eigenvalue weighted by Gasteiger charge is 2.51. The van der Waals surface area contributed by atoms with Crippen molar-refractivity contribution in [3.63, 3.8) is 0 Å². The molecule has 2 aliphatic rings. The fourth-order valence-corrected chi connectivity index (χ4v) is 4.23. The van der Waals surface area contributed by atoms with E-state index in [9.17, 15) is 0 Å². The van der Waals surface area contributed by atoms with Crippen LogP contribution >= 0.6 is 0 Å². The molecular weight excluding hydrogens is 296 g/mol. The molecule has 1 saturated carbocycles. The summed E-state index contributed by atoms with van der Waals surface area (Å²) in [7, 11) is 0. The summed E-state index contributed by atoms with van der Waals surface area (Å²) in [5, 5.41) is 0. The van der Waals surface area contributed by atoms with E-state index in [-0.39, 0.29) is 11.7 Å². The minimum absolute atomic E-state index is 0.0890. The molecule has 0 amide bonds. The van der Waals surface area contributed by atoms with Gasteiger partial charge in [0.25, 0.3) is 0 Å². The Morgan fingerprint density at radius 3 is 2.46 bits per heavy atom. The van der Waals surface area contributed by atoms with Gasteiger partial charge in [-0.2, -0.15) is 0 Å². The van der Waals surface area contributed by atoms with E-state index in [1.54, 1.807) is 0 Å². The van der Waals surface area contributed by atoms with E-state index in [4.69, 9.17) is 9.47 Å². The number of rotatable bonds is 8. The highest BCUT2D eigenvalue weighted by atomic mass is 16.7. The van der Waals surface area contributed by atoms with Crippen molar-refractivity contribution in [1.29, 1.82) is 0 Å². The van der Waals surface area contributed by atoms with Crippen LogP contribution in [0.25, 0.3) is 0 Å². The molecule has 2 bridgehead atoms. The molecule has 0 saturated heterocycles. The molecule has 2 nitrogen and oxygen atoms in total. The average molecular weight is 328 g/mol. The van der Waals surface area contributed by atoms with Crippen molar-refractivity contribution in [2.45, 2.75) is 59.7 Å². The molecule has 0 aromatic heterocycles. The third kappa shape index (κ3) is 3.69. The fourth-order valence-electron chi connectivity index (χ4n) is 4.23. The molecule has 2 aliphatic carbocycles. The van der Waals surface area contributed by atoms with Gasteiger partial charge in [-0.25, -0.2) is 0 Å². The zero-order valence-corrected chi connectivity index (χ0v) is 15.6. The van der Waals surface area contributed by atoms with Crippen LogP contribution in [0.4, 0.5) is 0 Å². The summed E-state index contributed by atoms with van der Waals surface area (Å²) in [6.07, 6.45) is 9.39. The molecular formula is C22H32O2. The Morgan fingerprint density at radius 2 is 1.92 bits per heavy atom. The Bertz CT molecular complexity index is 560. The van der Waals surface area contributed by atoms with Crippen LogP contribution in [0.1, 0.15) is 52.5 Å². The minimum atomic E-state index is -0.163. The number of allylic oxidation sites excluding steroid dienone is 2. The molecule has 1 fully saturated rings. The van der Waals surface area contributed by atoms with Gasteiger partial charge in [0.05, 0.1) is 0 Å². The molecule has 24 heavy (non-hydrogen) atoms. The SMILES string of the molecule is CCOC(Oc1ccc(CCC(C)C)cc1)C1(C)CC2C=CC1C2. The predicted octanol–water partition coefficient (Wildman–Crippen LogP) is 5.62. The monoisotopic (exact) mass is 328 g/mol. The van der Waals surface area contributed by atoms with Crippen LogP contribution in [0, 0.1) is 23.2 Å². The molecule has 0 N–H and O–H groups in total. The van der Waals surface area contributed by atoms with Crippen molar-refractivity contribution in [1.82, 2.24) is 0 Å². The molecule has 0 radical (unpaired) electrons. The van der Waals surface area contributed by atoms with Crippen LogP contribution in [-0.4, -0.2) is 12.9 Å². The molecule has 4 atom stereocenters. The highest BCUT2D eigenvalue weighted by molar-refractivity contribution is 5.28. The van der Waals surface area contributed by atoms with Gasteiger partial charge in [0.2, 0.25) is 6.29 Å². The van der Waals surface area contributed by atoms with Crippen LogP contribution in [0.3, 0.4) is 0 Å². The van der Waals surface area contributed by atoms with Crippen LogP contribution in [0.15, 0.2) is 36.4 Å². The maximum Gasteiger partial charge on any atom is 0.205 e. The number of benzene rings is 1. The molecule has 1 aromatic rings. The number of fused-ring (bicyclic) bond motifs is 2. The maximum atomic E-state index is 6.32. The van der Waals surface area contributed by atoms with Gasteiger partial charge in [-0.1, -0.05) is 45.1 Å². The summed E-state index contributed by atoms with van der Waals surface area (Å²) in [5.41, 5.74) is 1.48. The van der Waals surface area contributed by atoms with E-state index in [0.29, 0.717) is 18.4 Å². The second-order valence-corrected chi connectivity index (χ2v) is 8.18. The normalized spacial score (nSPS) is 29.4. The Balaban J connectivity index is 1.66. The first-order valence-corrected chi connectivity index (χ1v) is 9.56. The molecule has 1 aromatic carbocycles. The van der Waals surface area contributed by atoms with Crippen LogP contribution in [0.2, 0.25) is 0 Å². The second-order valence-electron chi connectivity index (χ2n) is 8.18. The topological polar surface area (TPSA) is 18.5 Å². The zero-order valence-electron chi connectivity index (χ0n) is 15.6. The summed E-state index contributed by atoms with van der Waals surface area (Å²) in [4.78, 5) is 0. The van der Waals surface area contributed by atoms with Gasteiger partial charge < -0.3 is 9.47 Å². The van der Waals surface area contributed by atoms with Crippen molar-refractivity contribution < 1.29 is 9.47 Å². The van der Waals surface area contributed by atoms with Crippen LogP contribution in [0.5, 0.6) is 5.75 Å². The standard InChI is InChI=1S/C22H32O2/c1-5-23-21(22(4)15-18-8-11-19(22)14-18)24-20-12-9-17(10-13-20)7-6-16(2)3/h8-13,16,18-19,21H,5-7,14-15H2,1-4H3. The highest BCUT2D eigenvalue weighted by Crippen LogP contribution is 2.54. The smallest absolute Gasteiger partial charge is 0.205 e. The van der Waals surface area contributed by atoms with Gasteiger partial charge in [0, 0.05) is 12.0 Å². The van der Waals surface area contributed by atoms with Crippen molar-refractivity contribution in [2.24, 2.45) is 23.2 Å². The lowest BCUT2D eigenvalue weighted by Crippen LogP contribution is -2.42. The van der Waals surface area contributed by atoms with Crippen LogP contribution in [-0.2, 0) is 11.2 Å². The lowest BCUT2D eigenvalue weighted by atomic mass is 9.77. The molecule has 3 rings (SSSR count). The summed E-state index contributed by atoms with van der Waals surface area (Å²) >= 11 is 0. The Morgan fingerprint density at radius 1 is 1.17 bits per heavy atom. The third-order valence-corrected chi connectivity index (χ3v) is 5.75. The first-order chi connectivity index (χ1) is 11.5. The summed E-state index contributed by atoms with van der Waals surface area (Å²) in [6, 6.07) is 8.61. The van der Waals surface area contributed by atoms with E-state index in [1.165, 1.54) is 24.8 Å². The van der Waals surface area contributed by atoms with E-state index in [2.05, 4.69) is 64.1 Å². The number of hydrogen-bond acceptors (Lipinski definition) is 2. The van der Waals surface area contributed by atoms with E-state index in [0.717, 1.165) is 18.1 Å². The molecule has 0 aliphatic heterocycles. The molecule has 4 unspecified atom stereocenters. The molecule has 0 spiro atoms. The number of aryl methyl sites for hydroxylation is 1. The van der Waals surface area contributed by atoms with E-state index in [1.807, 2.05) is 0 Å². The van der Waals surface area contributed by atoms with Crippen molar-refractivity contribution in [2.75, 3.05) is 6.61 Å². The predicted molar refractivity (Wildman–Crippen MR) is 99.1 cm³/mol. The van der Waals surface area contributed by atoms with Gasteiger partial charge in [0.15, 0.2) is 0 Å². The van der Waals surface area contributed by atoms with Gasteiger partial charge in [-0.3, -0.25) is 0 Å². The summed E-state index contributed by atoms with van der Waals surface area (Å²) in [6.45, 7) is 9.62. The molecule has 132 valence electrons. The van der Waals surface area contributed by atoms with Crippen molar-refractivity contribution in [3.8, 4) is 5.75 Å². The molecule has 0 heterocycles. The summed E-state index contributed by atoms with van der Waals surface area (Å²) in [5.74, 6) is 2.97. The van der Waals surface area contributed by atoms with Gasteiger partial charge in [0.1, 0.15) is 5.75 Å².